The number of anilines is 2. The molecule has 1 amide bonds. The maximum atomic E-state index is 13.0. The lowest BCUT2D eigenvalue weighted by Crippen LogP contribution is -2.51. The molecule has 33 heavy (non-hydrogen) atoms. The van der Waals surface area contributed by atoms with Crippen molar-refractivity contribution < 1.29 is 4.79 Å². The molecule has 3 aliphatic rings. The number of rotatable bonds is 7. The van der Waals surface area contributed by atoms with E-state index in [0.29, 0.717) is 29.1 Å². The molecular weight excluding hydrogens is 456 g/mol. The van der Waals surface area contributed by atoms with Gasteiger partial charge in [-0.3, -0.25) is 9.79 Å². The van der Waals surface area contributed by atoms with Crippen molar-refractivity contribution in [2.45, 2.75) is 32.1 Å². The lowest BCUT2D eigenvalue weighted by molar-refractivity contribution is -0.112. The Labute approximate surface area is 205 Å². The van der Waals surface area contributed by atoms with E-state index >= 15 is 0 Å². The highest BCUT2D eigenvalue weighted by Crippen LogP contribution is 2.43. The molecule has 1 saturated carbocycles. The number of benzene rings is 1. The first-order chi connectivity index (χ1) is 16.1. The number of amides is 1. The van der Waals surface area contributed by atoms with E-state index < -0.39 is 0 Å². The average molecular weight is 487 g/mol. The smallest absolute Gasteiger partial charge is 0.253 e. The van der Waals surface area contributed by atoms with Crippen LogP contribution in [0.5, 0.6) is 0 Å². The van der Waals surface area contributed by atoms with Gasteiger partial charge in [-0.15, -0.1) is 11.6 Å². The summed E-state index contributed by atoms with van der Waals surface area (Å²) in [6.07, 6.45) is 10.3. The summed E-state index contributed by atoms with van der Waals surface area (Å²) in [5.41, 5.74) is 9.98. The van der Waals surface area contributed by atoms with Crippen molar-refractivity contribution >= 4 is 53.0 Å². The number of alkyl halides is 1. The quantitative estimate of drug-likeness (QED) is 0.259. The third-order valence-corrected chi connectivity index (χ3v) is 7.15. The van der Waals surface area contributed by atoms with Crippen molar-refractivity contribution in [3.8, 4) is 0 Å². The van der Waals surface area contributed by atoms with E-state index in [-0.39, 0.29) is 5.91 Å². The number of guanidine groups is 1. The van der Waals surface area contributed by atoms with E-state index in [9.17, 15) is 4.79 Å². The monoisotopic (exact) mass is 486 g/mol. The number of hydrogen-bond donors (Lipinski definition) is 2. The van der Waals surface area contributed by atoms with Crippen LogP contribution in [0.2, 0.25) is 0 Å². The van der Waals surface area contributed by atoms with Crippen molar-refractivity contribution in [2.24, 2.45) is 21.0 Å². The standard InChI is InChI=1S/C24H31ClN6OS/c1-17(18-5-6-18)19-7-8-21(28-23(32)20-4-2-3-9-27-15-20)22(14-19)30-10-12-31(13-11-30)24(26)29-33-16-25/h2-3,7-9,14-15,17-18H,4-6,10-13,16H2,1H3,(H2,26,29)(H,28,32). The Bertz CT molecular complexity index is 979. The zero-order valence-corrected chi connectivity index (χ0v) is 20.5. The molecule has 0 spiro atoms. The number of nitrogens with two attached hydrogens (primary N) is 1. The van der Waals surface area contributed by atoms with Crippen LogP contribution in [0, 0.1) is 5.92 Å². The molecule has 1 aliphatic carbocycles. The minimum Gasteiger partial charge on any atom is -0.369 e. The summed E-state index contributed by atoms with van der Waals surface area (Å²) >= 11 is 6.95. The fraction of sp³-hybridized carbons (Fsp3) is 0.458. The molecule has 1 saturated heterocycles. The highest BCUT2D eigenvalue weighted by Gasteiger charge is 2.30. The van der Waals surface area contributed by atoms with Gasteiger partial charge in [-0.1, -0.05) is 19.1 Å². The number of nitrogens with zero attached hydrogens (tertiary/aromatic N) is 4. The zero-order chi connectivity index (χ0) is 23.2. The normalized spacial score (nSPS) is 19.8. The predicted octanol–water partition coefficient (Wildman–Crippen LogP) is 4.33. The van der Waals surface area contributed by atoms with E-state index in [1.54, 1.807) is 12.4 Å². The van der Waals surface area contributed by atoms with Crippen molar-refractivity contribution in [3.05, 3.63) is 47.7 Å². The minimum atomic E-state index is -0.115. The van der Waals surface area contributed by atoms with Gasteiger partial charge in [-0.25, -0.2) is 0 Å². The molecular formula is C24H31ClN6OS. The number of allylic oxidation sites excluding steroid dienone is 2. The highest BCUT2D eigenvalue weighted by atomic mass is 35.5. The van der Waals surface area contributed by atoms with Gasteiger partial charge in [0, 0.05) is 44.2 Å². The molecule has 2 heterocycles. The Morgan fingerprint density at radius 2 is 2.12 bits per heavy atom. The Hall–Kier alpha value is -2.45. The molecule has 1 unspecified atom stereocenters. The number of piperazine rings is 1. The molecule has 1 aromatic carbocycles. The summed E-state index contributed by atoms with van der Waals surface area (Å²) in [6.45, 7) is 5.42. The molecule has 3 N–H and O–H groups in total. The van der Waals surface area contributed by atoms with Gasteiger partial charge < -0.3 is 20.9 Å². The molecule has 1 atom stereocenters. The van der Waals surface area contributed by atoms with Crippen molar-refractivity contribution in [1.29, 1.82) is 0 Å². The topological polar surface area (TPSA) is 86.3 Å². The van der Waals surface area contributed by atoms with E-state index in [2.05, 4.69) is 49.6 Å². The van der Waals surface area contributed by atoms with Crippen LogP contribution in [0.15, 0.2) is 51.5 Å². The summed E-state index contributed by atoms with van der Waals surface area (Å²) in [7, 11) is 0. The summed E-state index contributed by atoms with van der Waals surface area (Å²) < 4.78 is 4.25. The van der Waals surface area contributed by atoms with Gasteiger partial charge in [0.05, 0.1) is 16.6 Å². The third kappa shape index (κ3) is 6.12. The Morgan fingerprint density at radius 1 is 1.33 bits per heavy atom. The fourth-order valence-corrected chi connectivity index (χ4v) is 4.68. The third-order valence-electron chi connectivity index (χ3n) is 6.44. The average Bonchev–Trinajstić information content (AvgIpc) is 3.70. The van der Waals surface area contributed by atoms with Gasteiger partial charge in [0.25, 0.3) is 5.91 Å². The van der Waals surface area contributed by atoms with Gasteiger partial charge in [-0.05, 0) is 66.8 Å². The SMILES string of the molecule is CC(c1ccc(NC(=O)C2=CN=CC=CC2)c(N2CCN(C(N)=NSCCl)CC2)c1)C1CC1. The predicted molar refractivity (Wildman–Crippen MR) is 140 cm³/mol. The molecule has 176 valence electrons. The fourth-order valence-electron chi connectivity index (χ4n) is 4.24. The molecule has 0 radical (unpaired) electrons. The molecule has 2 fully saturated rings. The van der Waals surface area contributed by atoms with Gasteiger partial charge in [-0.2, -0.15) is 4.40 Å². The molecule has 9 heteroatoms. The minimum absolute atomic E-state index is 0.115. The van der Waals surface area contributed by atoms with Crippen molar-refractivity contribution in [2.75, 3.05) is 41.6 Å². The second-order valence-corrected chi connectivity index (χ2v) is 9.92. The molecule has 2 aliphatic heterocycles. The highest BCUT2D eigenvalue weighted by molar-refractivity contribution is 7.99. The first kappa shape index (κ1) is 23.7. The molecule has 0 bridgehead atoms. The summed E-state index contributed by atoms with van der Waals surface area (Å²) in [4.78, 5) is 21.5. The largest absolute Gasteiger partial charge is 0.369 e. The number of carbonyl (C=O) groups excluding carboxylic acids is 1. The molecule has 0 aromatic heterocycles. The summed E-state index contributed by atoms with van der Waals surface area (Å²) in [5.74, 6) is 1.69. The second kappa shape index (κ2) is 11.1. The lowest BCUT2D eigenvalue weighted by Gasteiger charge is -2.37. The number of halogens is 1. The van der Waals surface area contributed by atoms with Gasteiger partial charge in [0.1, 0.15) is 0 Å². The van der Waals surface area contributed by atoms with Crippen LogP contribution in [0.1, 0.15) is 37.7 Å². The molecule has 7 nitrogen and oxygen atoms in total. The van der Waals surface area contributed by atoms with Crippen molar-refractivity contribution in [3.63, 3.8) is 0 Å². The summed E-state index contributed by atoms with van der Waals surface area (Å²) in [5, 5.41) is 3.52. The number of carbonyl (C=O) groups is 1. The van der Waals surface area contributed by atoms with E-state index in [1.807, 2.05) is 12.2 Å². The van der Waals surface area contributed by atoms with Crippen LogP contribution in [0.4, 0.5) is 11.4 Å². The van der Waals surface area contributed by atoms with Crippen LogP contribution in [-0.2, 0) is 4.79 Å². The first-order valence-corrected chi connectivity index (χ1v) is 12.9. The molecule has 1 aromatic rings. The number of aliphatic imine (C=N–C) groups is 1. The Morgan fingerprint density at radius 3 is 2.85 bits per heavy atom. The van der Waals surface area contributed by atoms with E-state index in [4.69, 9.17) is 17.3 Å². The number of nitrogens with one attached hydrogen (secondary N) is 1. The maximum absolute atomic E-state index is 13.0. The lowest BCUT2D eigenvalue weighted by atomic mass is 9.95. The van der Waals surface area contributed by atoms with Crippen LogP contribution in [0.3, 0.4) is 0 Å². The van der Waals surface area contributed by atoms with Gasteiger partial charge in [0.2, 0.25) is 5.96 Å². The zero-order valence-electron chi connectivity index (χ0n) is 18.9. The van der Waals surface area contributed by atoms with Gasteiger partial charge in [0.15, 0.2) is 0 Å². The Kier molecular flexibility index (Phi) is 7.98. The van der Waals surface area contributed by atoms with E-state index in [0.717, 1.165) is 43.5 Å². The molecule has 4 rings (SSSR count). The van der Waals surface area contributed by atoms with Crippen LogP contribution >= 0.6 is 23.5 Å². The first-order valence-electron chi connectivity index (χ1n) is 11.4. The van der Waals surface area contributed by atoms with Crippen molar-refractivity contribution in [1.82, 2.24) is 4.90 Å². The maximum Gasteiger partial charge on any atom is 0.253 e. The Balaban J connectivity index is 1.53. The van der Waals surface area contributed by atoms with Crippen LogP contribution < -0.4 is 16.0 Å². The summed E-state index contributed by atoms with van der Waals surface area (Å²) in [6, 6.07) is 6.47. The van der Waals surface area contributed by atoms with Gasteiger partial charge >= 0.3 is 0 Å². The van der Waals surface area contributed by atoms with Crippen LogP contribution in [-0.4, -0.2) is 54.4 Å². The van der Waals surface area contributed by atoms with E-state index in [1.165, 1.54) is 30.4 Å². The number of hydrogen-bond acceptors (Lipinski definition) is 5. The second-order valence-electron chi connectivity index (χ2n) is 8.60. The van der Waals surface area contributed by atoms with Crippen LogP contribution in [0.25, 0.3) is 0 Å².